The van der Waals surface area contributed by atoms with Gasteiger partial charge in [0.1, 0.15) is 6.61 Å². The first-order valence-corrected chi connectivity index (χ1v) is 9.12. The summed E-state index contributed by atoms with van der Waals surface area (Å²) in [6, 6.07) is 4.83. The van der Waals surface area contributed by atoms with E-state index in [0.29, 0.717) is 28.5 Å². The first-order valence-electron chi connectivity index (χ1n) is 8.37. The van der Waals surface area contributed by atoms with Crippen molar-refractivity contribution in [2.75, 3.05) is 13.2 Å². The van der Waals surface area contributed by atoms with Gasteiger partial charge in [0, 0.05) is 6.07 Å². The molecule has 0 unspecified atom stereocenters. The standard InChI is InChI=1S/C19H13Cl2F4NO3/c20-11-2-1-9(5-12(11)21)19(3-4-19)18(28)26-7-10(27)8-29-17-15(24)13(22)6-14(23)16(17)25/h1-2,5-6H,3-4,7-8H2,(H,26,28). The molecule has 4 nitrogen and oxygen atoms in total. The highest BCUT2D eigenvalue weighted by molar-refractivity contribution is 6.42. The number of hydrogen-bond donors (Lipinski definition) is 1. The second-order valence-electron chi connectivity index (χ2n) is 6.52. The van der Waals surface area contributed by atoms with Crippen molar-refractivity contribution in [2.45, 2.75) is 18.3 Å². The summed E-state index contributed by atoms with van der Waals surface area (Å²) in [6.07, 6.45) is 1.08. The first kappa shape index (κ1) is 21.4. The van der Waals surface area contributed by atoms with Crippen LogP contribution >= 0.6 is 23.2 Å². The second-order valence-corrected chi connectivity index (χ2v) is 7.33. The fourth-order valence-corrected chi connectivity index (χ4v) is 3.09. The highest BCUT2D eigenvalue weighted by Crippen LogP contribution is 2.49. The lowest BCUT2D eigenvalue weighted by Crippen LogP contribution is -2.39. The van der Waals surface area contributed by atoms with E-state index in [1.165, 1.54) is 0 Å². The van der Waals surface area contributed by atoms with E-state index in [-0.39, 0.29) is 6.07 Å². The lowest BCUT2D eigenvalue weighted by atomic mass is 9.95. The number of carbonyl (C=O) groups is 2. The minimum Gasteiger partial charge on any atom is -0.479 e. The topological polar surface area (TPSA) is 55.4 Å². The van der Waals surface area contributed by atoms with E-state index in [1.807, 2.05) is 0 Å². The van der Waals surface area contributed by atoms with Crippen molar-refractivity contribution in [1.82, 2.24) is 5.32 Å². The maximum Gasteiger partial charge on any atom is 0.231 e. The van der Waals surface area contributed by atoms with Crippen LogP contribution in [0.15, 0.2) is 24.3 Å². The SMILES string of the molecule is O=C(CNC(=O)C1(c2ccc(Cl)c(Cl)c2)CC1)COc1c(F)c(F)cc(F)c1F. The van der Waals surface area contributed by atoms with Gasteiger partial charge in [0.05, 0.1) is 22.0 Å². The molecule has 1 aliphatic carbocycles. The van der Waals surface area contributed by atoms with E-state index < -0.39 is 59.3 Å². The Kier molecular flexibility index (Phi) is 6.05. The molecule has 154 valence electrons. The number of hydrogen-bond acceptors (Lipinski definition) is 3. The number of halogens is 6. The van der Waals surface area contributed by atoms with Gasteiger partial charge in [-0.25, -0.2) is 8.78 Å². The van der Waals surface area contributed by atoms with E-state index in [0.717, 1.165) is 0 Å². The lowest BCUT2D eigenvalue weighted by molar-refractivity contribution is -0.127. The Morgan fingerprint density at radius 1 is 1.00 bits per heavy atom. The van der Waals surface area contributed by atoms with Crippen LogP contribution in [0.1, 0.15) is 18.4 Å². The number of nitrogens with one attached hydrogen (secondary N) is 1. The van der Waals surface area contributed by atoms with Crippen LogP contribution in [-0.4, -0.2) is 24.8 Å². The molecule has 2 aromatic carbocycles. The van der Waals surface area contributed by atoms with Gasteiger partial charge in [-0.05, 0) is 30.5 Å². The number of amides is 1. The molecule has 0 aliphatic heterocycles. The van der Waals surface area contributed by atoms with Gasteiger partial charge in [0.25, 0.3) is 0 Å². The molecule has 29 heavy (non-hydrogen) atoms. The number of rotatable bonds is 7. The van der Waals surface area contributed by atoms with Crippen molar-refractivity contribution in [1.29, 1.82) is 0 Å². The molecular weight excluding hydrogens is 437 g/mol. The summed E-state index contributed by atoms with van der Waals surface area (Å²) < 4.78 is 57.9. The Morgan fingerprint density at radius 2 is 1.62 bits per heavy atom. The fraction of sp³-hybridized carbons (Fsp3) is 0.263. The van der Waals surface area contributed by atoms with Crippen molar-refractivity contribution in [2.24, 2.45) is 0 Å². The molecule has 0 heterocycles. The van der Waals surface area contributed by atoms with Crippen LogP contribution in [0.2, 0.25) is 10.0 Å². The van der Waals surface area contributed by atoms with E-state index in [4.69, 9.17) is 23.2 Å². The molecule has 1 amide bonds. The third-order valence-electron chi connectivity index (χ3n) is 4.55. The van der Waals surface area contributed by atoms with Crippen molar-refractivity contribution in [3.63, 3.8) is 0 Å². The van der Waals surface area contributed by atoms with Gasteiger partial charge in [-0.1, -0.05) is 29.3 Å². The van der Waals surface area contributed by atoms with Crippen molar-refractivity contribution in [3.05, 3.63) is 63.1 Å². The fourth-order valence-electron chi connectivity index (χ4n) is 2.80. The first-order chi connectivity index (χ1) is 13.7. The zero-order valence-corrected chi connectivity index (χ0v) is 16.1. The summed E-state index contributed by atoms with van der Waals surface area (Å²) >= 11 is 11.8. The predicted octanol–water partition coefficient (Wildman–Crippen LogP) is 4.35. The largest absolute Gasteiger partial charge is 0.479 e. The maximum atomic E-state index is 13.5. The molecule has 1 aliphatic rings. The second kappa shape index (κ2) is 8.20. The van der Waals surface area contributed by atoms with E-state index in [1.54, 1.807) is 18.2 Å². The smallest absolute Gasteiger partial charge is 0.231 e. The molecule has 10 heteroatoms. The average molecular weight is 450 g/mol. The van der Waals surface area contributed by atoms with Crippen LogP contribution < -0.4 is 10.1 Å². The molecule has 3 rings (SSSR count). The monoisotopic (exact) mass is 449 g/mol. The van der Waals surface area contributed by atoms with Gasteiger partial charge in [-0.15, -0.1) is 0 Å². The molecule has 0 bridgehead atoms. The van der Waals surface area contributed by atoms with E-state index in [2.05, 4.69) is 10.1 Å². The number of ether oxygens (including phenoxy) is 1. The predicted molar refractivity (Wildman–Crippen MR) is 97.2 cm³/mol. The summed E-state index contributed by atoms with van der Waals surface area (Å²) in [5.41, 5.74) is -0.188. The Hall–Kier alpha value is -2.32. The molecule has 0 spiro atoms. The van der Waals surface area contributed by atoms with Gasteiger partial charge < -0.3 is 10.1 Å². The van der Waals surface area contributed by atoms with Crippen molar-refractivity contribution in [3.8, 4) is 5.75 Å². The number of Topliss-reactive ketones (excluding diaryl/α,β-unsaturated/α-hetero) is 1. The third kappa shape index (κ3) is 4.33. The number of carbonyl (C=O) groups excluding carboxylic acids is 2. The summed E-state index contributed by atoms with van der Waals surface area (Å²) in [6.45, 7) is -1.39. The zero-order valence-electron chi connectivity index (χ0n) is 14.6. The van der Waals surface area contributed by atoms with Crippen LogP contribution in [0.4, 0.5) is 17.6 Å². The Morgan fingerprint density at radius 3 is 2.17 bits per heavy atom. The zero-order chi connectivity index (χ0) is 21.3. The summed E-state index contributed by atoms with van der Waals surface area (Å²) in [5.74, 6) is -9.34. The molecule has 1 saturated carbocycles. The van der Waals surface area contributed by atoms with Crippen LogP contribution in [0, 0.1) is 23.3 Å². The van der Waals surface area contributed by atoms with Crippen molar-refractivity contribution >= 4 is 34.9 Å². The number of ketones is 1. The van der Waals surface area contributed by atoms with E-state index >= 15 is 0 Å². The third-order valence-corrected chi connectivity index (χ3v) is 5.29. The minimum atomic E-state index is -1.75. The van der Waals surface area contributed by atoms with Gasteiger partial charge in [0.15, 0.2) is 23.2 Å². The average Bonchev–Trinajstić information content (AvgIpc) is 3.48. The van der Waals surface area contributed by atoms with E-state index in [9.17, 15) is 27.2 Å². The van der Waals surface area contributed by atoms with Gasteiger partial charge in [0.2, 0.25) is 17.5 Å². The quantitative estimate of drug-likeness (QED) is 0.505. The Bertz CT molecular complexity index is 970. The normalized spacial score (nSPS) is 14.4. The van der Waals surface area contributed by atoms with Crippen LogP contribution in [-0.2, 0) is 15.0 Å². The van der Waals surface area contributed by atoms with Crippen LogP contribution in [0.5, 0.6) is 5.75 Å². The number of benzene rings is 2. The van der Waals surface area contributed by atoms with Crippen LogP contribution in [0.3, 0.4) is 0 Å². The highest BCUT2D eigenvalue weighted by Gasteiger charge is 2.51. The van der Waals surface area contributed by atoms with Crippen molar-refractivity contribution < 1.29 is 31.9 Å². The minimum absolute atomic E-state index is 0.0255. The van der Waals surface area contributed by atoms with Crippen LogP contribution in [0.25, 0.3) is 0 Å². The molecule has 1 fully saturated rings. The Labute approximate surface area is 172 Å². The molecule has 0 atom stereocenters. The molecule has 0 saturated heterocycles. The summed E-state index contributed by atoms with van der Waals surface area (Å²) in [5, 5.41) is 3.06. The molecule has 0 radical (unpaired) electrons. The lowest BCUT2D eigenvalue weighted by Gasteiger charge is -2.16. The maximum absolute atomic E-state index is 13.5. The van der Waals surface area contributed by atoms with Gasteiger partial charge >= 0.3 is 0 Å². The Balaban J connectivity index is 1.59. The highest BCUT2D eigenvalue weighted by atomic mass is 35.5. The molecular formula is C19H13Cl2F4NO3. The van der Waals surface area contributed by atoms with Gasteiger partial charge in [-0.3, -0.25) is 9.59 Å². The summed E-state index contributed by atoms with van der Waals surface area (Å²) in [7, 11) is 0. The summed E-state index contributed by atoms with van der Waals surface area (Å²) in [4.78, 5) is 24.4. The molecule has 0 aromatic heterocycles. The molecule has 2 aromatic rings. The molecule has 1 N–H and O–H groups in total. The van der Waals surface area contributed by atoms with Gasteiger partial charge in [-0.2, -0.15) is 8.78 Å².